The molecule has 0 radical (unpaired) electrons. The van der Waals surface area contributed by atoms with Crippen molar-refractivity contribution in [3.63, 3.8) is 0 Å². The van der Waals surface area contributed by atoms with Gasteiger partial charge in [-0.15, -0.1) is 0 Å². The Bertz CT molecular complexity index is 264. The molecule has 0 fully saturated rings. The molecule has 1 unspecified atom stereocenters. The number of hydrogen-bond acceptors (Lipinski definition) is 5. The summed E-state index contributed by atoms with van der Waals surface area (Å²) in [6, 6.07) is -0.493. The van der Waals surface area contributed by atoms with Gasteiger partial charge in [-0.1, -0.05) is 12.2 Å². The Morgan fingerprint density at radius 3 is 2.88 bits per heavy atom. The van der Waals surface area contributed by atoms with E-state index in [9.17, 15) is 9.90 Å². The van der Waals surface area contributed by atoms with E-state index in [1.165, 1.54) is 13.3 Å². The van der Waals surface area contributed by atoms with Crippen LogP contribution >= 0.6 is 0 Å². The summed E-state index contributed by atoms with van der Waals surface area (Å²) in [6.45, 7) is 7.16. The highest BCUT2D eigenvalue weighted by atomic mass is 16.5. The fourth-order valence-corrected chi connectivity index (χ4v) is 1.11. The number of rotatable bonds is 9. The van der Waals surface area contributed by atoms with E-state index in [0.29, 0.717) is 6.42 Å². The largest absolute Gasteiger partial charge is 0.381 e. The molecule has 0 rings (SSSR count). The van der Waals surface area contributed by atoms with Crippen LogP contribution in [0.1, 0.15) is 6.42 Å². The van der Waals surface area contributed by atoms with Gasteiger partial charge in [-0.25, -0.2) is 0 Å². The number of aldehydes is 1. The van der Waals surface area contributed by atoms with Gasteiger partial charge in [-0.05, 0) is 19.2 Å². The number of hydrogen-bond donors (Lipinski definition) is 2. The van der Waals surface area contributed by atoms with Crippen LogP contribution in [0.3, 0.4) is 0 Å². The molecule has 0 aliphatic heterocycles. The fourth-order valence-electron chi connectivity index (χ4n) is 1.11. The molecule has 0 aromatic heterocycles. The Balaban J connectivity index is 4.09. The zero-order chi connectivity index (χ0) is 12.4. The Kier molecular flexibility index (Phi) is 8.24. The van der Waals surface area contributed by atoms with Gasteiger partial charge in [0.25, 0.3) is 0 Å². The minimum absolute atomic E-state index is 0.126. The molecule has 0 saturated heterocycles. The molecular weight excluding hydrogens is 208 g/mol. The number of allylic oxidation sites excluding steroid dienone is 1. The fraction of sp³-hybridized carbons (Fsp3) is 0.455. The van der Waals surface area contributed by atoms with Gasteiger partial charge in [0.1, 0.15) is 12.5 Å². The van der Waals surface area contributed by atoms with Gasteiger partial charge in [-0.3, -0.25) is 10.3 Å². The van der Waals surface area contributed by atoms with Crippen molar-refractivity contribution in [1.29, 1.82) is 0 Å². The average molecular weight is 226 g/mol. The summed E-state index contributed by atoms with van der Waals surface area (Å²) in [6.07, 6.45) is 3.41. The highest BCUT2D eigenvalue weighted by molar-refractivity contribution is 5.58. The second-order valence-corrected chi connectivity index (χ2v) is 3.24. The van der Waals surface area contributed by atoms with Gasteiger partial charge in [-0.2, -0.15) is 0 Å². The van der Waals surface area contributed by atoms with Crippen LogP contribution in [0.25, 0.3) is 0 Å². The van der Waals surface area contributed by atoms with Gasteiger partial charge < -0.3 is 14.6 Å². The van der Waals surface area contributed by atoms with Gasteiger partial charge in [0.2, 0.25) is 0 Å². The SMILES string of the molecule is C=N/C=C\C(=C)C[C@@H](C=O)NC(O)COC. The monoisotopic (exact) mass is 226 g/mol. The third-order valence-corrected chi connectivity index (χ3v) is 1.79. The molecule has 16 heavy (non-hydrogen) atoms. The van der Waals surface area contributed by atoms with Gasteiger partial charge in [0, 0.05) is 13.3 Å². The van der Waals surface area contributed by atoms with Crippen LogP contribution < -0.4 is 5.32 Å². The van der Waals surface area contributed by atoms with E-state index < -0.39 is 12.3 Å². The number of aliphatic hydroxyl groups excluding tert-OH is 1. The average Bonchev–Trinajstić information content (AvgIpc) is 2.25. The molecule has 5 nitrogen and oxygen atoms in total. The summed E-state index contributed by atoms with van der Waals surface area (Å²) in [4.78, 5) is 14.3. The lowest BCUT2D eigenvalue weighted by molar-refractivity contribution is -0.110. The Labute approximate surface area is 95.5 Å². The minimum atomic E-state index is -0.866. The van der Waals surface area contributed by atoms with E-state index in [-0.39, 0.29) is 6.61 Å². The van der Waals surface area contributed by atoms with Gasteiger partial charge in [0.05, 0.1) is 12.6 Å². The zero-order valence-electron chi connectivity index (χ0n) is 9.43. The Hall–Kier alpha value is -1.30. The number of aliphatic hydroxyl groups is 1. The van der Waals surface area contributed by atoms with Gasteiger partial charge >= 0.3 is 0 Å². The number of ether oxygens (including phenoxy) is 1. The number of nitrogens with zero attached hydrogens (tertiary/aromatic N) is 1. The molecule has 2 N–H and O–H groups in total. The van der Waals surface area contributed by atoms with Crippen LogP contribution in [0.2, 0.25) is 0 Å². The summed E-state index contributed by atoms with van der Waals surface area (Å²) in [5.74, 6) is 0. The van der Waals surface area contributed by atoms with E-state index in [4.69, 9.17) is 4.74 Å². The van der Waals surface area contributed by atoms with Crippen molar-refractivity contribution < 1.29 is 14.6 Å². The highest BCUT2D eigenvalue weighted by Crippen LogP contribution is 2.04. The van der Waals surface area contributed by atoms with Crippen molar-refractivity contribution in [3.8, 4) is 0 Å². The number of carbonyl (C=O) groups excluding carboxylic acids is 1. The molecule has 0 bridgehead atoms. The number of nitrogens with one attached hydrogen (secondary N) is 1. The topological polar surface area (TPSA) is 70.9 Å². The number of methoxy groups -OCH3 is 1. The van der Waals surface area contributed by atoms with Crippen molar-refractivity contribution >= 4 is 13.0 Å². The molecule has 0 aliphatic rings. The highest BCUT2D eigenvalue weighted by Gasteiger charge is 2.12. The first-order chi connectivity index (χ1) is 7.63. The van der Waals surface area contributed by atoms with Crippen LogP contribution in [-0.4, -0.2) is 44.1 Å². The summed E-state index contributed by atoms with van der Waals surface area (Å²) >= 11 is 0. The van der Waals surface area contributed by atoms with E-state index in [1.807, 2.05) is 0 Å². The zero-order valence-corrected chi connectivity index (χ0v) is 9.43. The Morgan fingerprint density at radius 2 is 2.38 bits per heavy atom. The van der Waals surface area contributed by atoms with Crippen LogP contribution in [-0.2, 0) is 9.53 Å². The van der Waals surface area contributed by atoms with Crippen LogP contribution in [0.4, 0.5) is 0 Å². The molecule has 5 heteroatoms. The third kappa shape index (κ3) is 7.05. The number of aliphatic imine (C=N–C) groups is 1. The molecule has 0 heterocycles. The van der Waals surface area contributed by atoms with Crippen LogP contribution in [0.15, 0.2) is 29.4 Å². The predicted molar refractivity (Wildman–Crippen MR) is 63.3 cm³/mol. The standard InChI is InChI=1S/C11H18N2O3/c1-9(4-5-12-2)6-10(7-14)13-11(15)8-16-3/h4-5,7,10-11,13,15H,1-2,6,8H2,3H3/b5-4-/t10-,11?/m0/s1. The number of carbonyl (C=O) groups is 1. The van der Waals surface area contributed by atoms with E-state index in [2.05, 4.69) is 23.6 Å². The van der Waals surface area contributed by atoms with Crippen molar-refractivity contribution in [2.24, 2.45) is 4.99 Å². The minimum Gasteiger partial charge on any atom is -0.381 e. The second-order valence-electron chi connectivity index (χ2n) is 3.24. The molecule has 0 saturated carbocycles. The van der Waals surface area contributed by atoms with Crippen molar-refractivity contribution in [2.45, 2.75) is 18.7 Å². The van der Waals surface area contributed by atoms with E-state index in [1.54, 1.807) is 6.08 Å². The summed E-state index contributed by atoms with van der Waals surface area (Å²) in [5.41, 5.74) is 0.724. The van der Waals surface area contributed by atoms with Crippen LogP contribution in [0.5, 0.6) is 0 Å². The maximum atomic E-state index is 10.7. The summed E-state index contributed by atoms with van der Waals surface area (Å²) in [5, 5.41) is 12.1. The quantitative estimate of drug-likeness (QED) is 0.256. The first-order valence-electron chi connectivity index (χ1n) is 4.82. The van der Waals surface area contributed by atoms with Crippen molar-refractivity contribution in [1.82, 2.24) is 5.32 Å². The lowest BCUT2D eigenvalue weighted by atomic mass is 10.1. The molecule has 2 atom stereocenters. The summed E-state index contributed by atoms with van der Waals surface area (Å²) in [7, 11) is 1.47. The van der Waals surface area contributed by atoms with Gasteiger partial charge in [0.15, 0.2) is 0 Å². The molecular formula is C11H18N2O3. The lowest BCUT2D eigenvalue weighted by Crippen LogP contribution is -2.41. The predicted octanol–water partition coefficient (Wildman–Crippen LogP) is 0.269. The van der Waals surface area contributed by atoms with Crippen molar-refractivity contribution in [2.75, 3.05) is 13.7 Å². The smallest absolute Gasteiger partial charge is 0.137 e. The van der Waals surface area contributed by atoms with E-state index >= 15 is 0 Å². The Morgan fingerprint density at radius 1 is 1.69 bits per heavy atom. The first kappa shape index (κ1) is 14.7. The van der Waals surface area contributed by atoms with E-state index in [0.717, 1.165) is 11.9 Å². The third-order valence-electron chi connectivity index (χ3n) is 1.79. The molecule has 0 aromatic rings. The maximum absolute atomic E-state index is 10.7. The molecule has 0 aliphatic carbocycles. The normalized spacial score (nSPS) is 14.6. The maximum Gasteiger partial charge on any atom is 0.137 e. The lowest BCUT2D eigenvalue weighted by Gasteiger charge is -2.17. The van der Waals surface area contributed by atoms with Crippen molar-refractivity contribution in [3.05, 3.63) is 24.4 Å². The second kappa shape index (κ2) is 8.96. The molecule has 90 valence electrons. The van der Waals surface area contributed by atoms with Crippen LogP contribution in [0, 0.1) is 0 Å². The summed E-state index contributed by atoms with van der Waals surface area (Å²) < 4.78 is 4.73. The molecule has 0 amide bonds. The first-order valence-corrected chi connectivity index (χ1v) is 4.82. The molecule has 0 spiro atoms. The molecule has 0 aromatic carbocycles.